The van der Waals surface area contributed by atoms with Crippen molar-refractivity contribution >= 4 is 32.8 Å². The number of nitriles is 1. The molecule has 0 atom stereocenters. The van der Waals surface area contributed by atoms with Crippen molar-refractivity contribution in [3.05, 3.63) is 52.4 Å². The lowest BCUT2D eigenvalue weighted by atomic mass is 10.1. The molecule has 0 saturated carbocycles. The van der Waals surface area contributed by atoms with Gasteiger partial charge in [0.25, 0.3) is 0 Å². The quantitative estimate of drug-likeness (QED) is 0.794. The maximum atomic E-state index is 9.34. The van der Waals surface area contributed by atoms with Gasteiger partial charge in [-0.2, -0.15) is 5.26 Å². The molecule has 0 aliphatic heterocycles. The van der Waals surface area contributed by atoms with E-state index < -0.39 is 0 Å². The molecule has 1 aromatic carbocycles. The molecule has 0 spiro atoms. The molecule has 0 saturated heterocycles. The van der Waals surface area contributed by atoms with Gasteiger partial charge >= 0.3 is 0 Å². The van der Waals surface area contributed by atoms with Gasteiger partial charge in [0.2, 0.25) is 0 Å². The second-order valence-electron chi connectivity index (χ2n) is 4.62. The average Bonchev–Trinajstić information content (AvgIpc) is 2.79. The molecule has 0 bridgehead atoms. The molecule has 0 aliphatic carbocycles. The van der Waals surface area contributed by atoms with E-state index >= 15 is 0 Å². The topological polar surface area (TPSA) is 80.5 Å². The lowest BCUT2D eigenvalue weighted by Gasteiger charge is -2.06. The van der Waals surface area contributed by atoms with Gasteiger partial charge < -0.3 is 10.3 Å². The van der Waals surface area contributed by atoms with E-state index in [4.69, 9.17) is 5.73 Å². The summed E-state index contributed by atoms with van der Waals surface area (Å²) in [5, 5.41) is 9.95. The van der Waals surface area contributed by atoms with Crippen molar-refractivity contribution in [3.8, 4) is 6.07 Å². The van der Waals surface area contributed by atoms with Gasteiger partial charge in [-0.25, -0.2) is 9.97 Å². The molecule has 5 nitrogen and oxygen atoms in total. The fourth-order valence-corrected chi connectivity index (χ4v) is 2.99. The summed E-state index contributed by atoms with van der Waals surface area (Å²) in [6, 6.07) is 12.3. The maximum absolute atomic E-state index is 9.34. The van der Waals surface area contributed by atoms with Gasteiger partial charge in [0.15, 0.2) is 0 Å². The fourth-order valence-electron chi connectivity index (χ4n) is 2.36. The minimum Gasteiger partial charge on any atom is -0.383 e. The number of nitrogens with two attached hydrogens (primary N) is 1. The molecule has 0 unspecified atom stereocenters. The number of benzene rings is 1. The molecule has 0 aliphatic rings. The fraction of sp³-hybridized carbons (Fsp3) is 0.133. The first-order chi connectivity index (χ1) is 10.2. The van der Waals surface area contributed by atoms with Crippen LogP contribution in [0.1, 0.15) is 11.1 Å². The summed E-state index contributed by atoms with van der Waals surface area (Å²) >= 11 is 3.48. The van der Waals surface area contributed by atoms with E-state index in [1.54, 1.807) is 0 Å². The van der Waals surface area contributed by atoms with Crippen LogP contribution >= 0.6 is 15.9 Å². The Morgan fingerprint density at radius 3 is 2.71 bits per heavy atom. The van der Waals surface area contributed by atoms with E-state index in [1.165, 1.54) is 11.9 Å². The summed E-state index contributed by atoms with van der Waals surface area (Å²) in [4.78, 5) is 8.24. The van der Waals surface area contributed by atoms with Crippen molar-refractivity contribution in [2.24, 2.45) is 0 Å². The number of fused-ring (bicyclic) bond motifs is 1. The number of aryl methyl sites for hydroxylation is 2. The zero-order chi connectivity index (χ0) is 14.8. The van der Waals surface area contributed by atoms with Crippen LogP contribution in [0, 0.1) is 11.3 Å². The monoisotopic (exact) mass is 341 g/mol. The first-order valence-electron chi connectivity index (χ1n) is 6.44. The van der Waals surface area contributed by atoms with Crippen LogP contribution in [0.4, 0.5) is 5.82 Å². The molecular weight excluding hydrogens is 330 g/mol. The first kappa shape index (κ1) is 13.6. The van der Waals surface area contributed by atoms with Crippen molar-refractivity contribution in [3.63, 3.8) is 0 Å². The van der Waals surface area contributed by atoms with Crippen molar-refractivity contribution in [2.45, 2.75) is 13.0 Å². The number of halogens is 1. The van der Waals surface area contributed by atoms with E-state index in [9.17, 15) is 5.26 Å². The lowest BCUT2D eigenvalue weighted by Crippen LogP contribution is -2.03. The zero-order valence-corrected chi connectivity index (χ0v) is 12.7. The summed E-state index contributed by atoms with van der Waals surface area (Å²) in [7, 11) is 0. The number of hydrogen-bond donors (Lipinski definition) is 1. The number of nitrogen functional groups attached to an aromatic ring is 1. The molecule has 3 rings (SSSR count). The van der Waals surface area contributed by atoms with E-state index in [-0.39, 0.29) is 0 Å². The van der Waals surface area contributed by atoms with Gasteiger partial charge in [0.1, 0.15) is 28.5 Å². The van der Waals surface area contributed by atoms with E-state index in [0.717, 1.165) is 6.42 Å². The van der Waals surface area contributed by atoms with Crippen LogP contribution in [0.5, 0.6) is 0 Å². The predicted molar refractivity (Wildman–Crippen MR) is 84.5 cm³/mol. The van der Waals surface area contributed by atoms with Crippen molar-refractivity contribution < 1.29 is 0 Å². The Hall–Kier alpha value is -2.39. The van der Waals surface area contributed by atoms with Crippen LogP contribution < -0.4 is 5.73 Å². The second kappa shape index (κ2) is 5.54. The van der Waals surface area contributed by atoms with Gasteiger partial charge in [-0.1, -0.05) is 30.3 Å². The zero-order valence-electron chi connectivity index (χ0n) is 11.1. The number of aromatic nitrogens is 3. The first-order valence-corrected chi connectivity index (χ1v) is 7.24. The Bertz CT molecular complexity index is 833. The van der Waals surface area contributed by atoms with Crippen LogP contribution in [-0.2, 0) is 13.0 Å². The number of anilines is 1. The molecule has 6 heteroatoms. The second-order valence-corrected chi connectivity index (χ2v) is 5.37. The van der Waals surface area contributed by atoms with Crippen molar-refractivity contribution in [2.75, 3.05) is 5.73 Å². The Balaban J connectivity index is 2.05. The largest absolute Gasteiger partial charge is 0.383 e. The van der Waals surface area contributed by atoms with Crippen LogP contribution in [-0.4, -0.2) is 14.5 Å². The van der Waals surface area contributed by atoms with Crippen molar-refractivity contribution in [1.82, 2.24) is 14.5 Å². The minimum absolute atomic E-state index is 0.329. The molecule has 2 N–H and O–H groups in total. The molecule has 104 valence electrons. The highest BCUT2D eigenvalue weighted by atomic mass is 79.9. The van der Waals surface area contributed by atoms with Gasteiger partial charge in [0.05, 0.1) is 10.9 Å². The van der Waals surface area contributed by atoms with E-state index in [2.05, 4.69) is 44.1 Å². The molecule has 21 heavy (non-hydrogen) atoms. The Morgan fingerprint density at radius 1 is 1.24 bits per heavy atom. The summed E-state index contributed by atoms with van der Waals surface area (Å²) < 4.78 is 2.65. The van der Waals surface area contributed by atoms with Crippen molar-refractivity contribution in [1.29, 1.82) is 5.26 Å². The molecule has 2 aromatic heterocycles. The highest BCUT2D eigenvalue weighted by Crippen LogP contribution is 2.31. The van der Waals surface area contributed by atoms with Gasteiger partial charge in [0, 0.05) is 6.54 Å². The molecule has 0 radical (unpaired) electrons. The standard InChI is InChI=1S/C15H12BrN5/c16-13-11(8-17)12-14(18)19-9-20-15(12)21(13)7-6-10-4-2-1-3-5-10/h1-5,9H,6-7H2,(H2,18,19,20). The van der Waals surface area contributed by atoms with Gasteiger partial charge in [-0.05, 0) is 27.9 Å². The lowest BCUT2D eigenvalue weighted by molar-refractivity contribution is 0.702. The third-order valence-electron chi connectivity index (χ3n) is 3.38. The third kappa shape index (κ3) is 2.36. The summed E-state index contributed by atoms with van der Waals surface area (Å²) in [5.41, 5.74) is 8.28. The predicted octanol–water partition coefficient (Wildman–Crippen LogP) is 2.89. The van der Waals surface area contributed by atoms with Gasteiger partial charge in [-0.3, -0.25) is 0 Å². The SMILES string of the molecule is N#Cc1c(Br)n(CCc2ccccc2)c2ncnc(N)c12. The summed E-state index contributed by atoms with van der Waals surface area (Å²) in [5.74, 6) is 0.329. The molecule has 0 amide bonds. The number of hydrogen-bond acceptors (Lipinski definition) is 4. The number of nitrogens with zero attached hydrogens (tertiary/aromatic N) is 4. The summed E-state index contributed by atoms with van der Waals surface area (Å²) in [6.07, 6.45) is 2.27. The highest BCUT2D eigenvalue weighted by molar-refractivity contribution is 9.10. The third-order valence-corrected chi connectivity index (χ3v) is 4.21. The smallest absolute Gasteiger partial charge is 0.147 e. The highest BCUT2D eigenvalue weighted by Gasteiger charge is 2.18. The van der Waals surface area contributed by atoms with E-state index in [0.29, 0.717) is 33.6 Å². The van der Waals surface area contributed by atoms with E-state index in [1.807, 2.05) is 22.8 Å². The maximum Gasteiger partial charge on any atom is 0.147 e. The number of rotatable bonds is 3. The Kier molecular flexibility index (Phi) is 3.59. The van der Waals surface area contributed by atoms with Crippen LogP contribution in [0.15, 0.2) is 41.3 Å². The van der Waals surface area contributed by atoms with Crippen LogP contribution in [0.2, 0.25) is 0 Å². The van der Waals surface area contributed by atoms with Crippen LogP contribution in [0.3, 0.4) is 0 Å². The molecular formula is C15H12BrN5. The Morgan fingerprint density at radius 2 is 2.00 bits per heavy atom. The minimum atomic E-state index is 0.329. The molecule has 2 heterocycles. The average molecular weight is 342 g/mol. The molecule has 0 fully saturated rings. The Labute approximate surface area is 130 Å². The van der Waals surface area contributed by atoms with Crippen LogP contribution in [0.25, 0.3) is 11.0 Å². The normalized spacial score (nSPS) is 10.7. The van der Waals surface area contributed by atoms with Gasteiger partial charge in [-0.15, -0.1) is 0 Å². The summed E-state index contributed by atoms with van der Waals surface area (Å²) in [6.45, 7) is 0.708. The molecule has 3 aromatic rings.